The summed E-state index contributed by atoms with van der Waals surface area (Å²) >= 11 is 0.961. The summed E-state index contributed by atoms with van der Waals surface area (Å²) in [6, 6.07) is 1.23. The fraction of sp³-hybridized carbons (Fsp3) is 0.615. The SMILES string of the molecule is CC(C)(C)N1CCN(S(=O)(=O)c2cc(C(=O)O)cs2)CC1. The number of sulfonamides is 1. The topological polar surface area (TPSA) is 77.9 Å². The molecule has 1 aromatic rings. The lowest BCUT2D eigenvalue weighted by molar-refractivity contribution is 0.0697. The van der Waals surface area contributed by atoms with Crippen molar-refractivity contribution in [3.05, 3.63) is 17.0 Å². The molecule has 21 heavy (non-hydrogen) atoms. The fourth-order valence-electron chi connectivity index (χ4n) is 2.29. The van der Waals surface area contributed by atoms with Crippen molar-refractivity contribution in [3.8, 4) is 0 Å². The monoisotopic (exact) mass is 332 g/mol. The molecule has 2 rings (SSSR count). The first-order valence-corrected chi connectivity index (χ1v) is 9.01. The molecule has 1 saturated heterocycles. The summed E-state index contributed by atoms with van der Waals surface area (Å²) in [6.07, 6.45) is 0. The van der Waals surface area contributed by atoms with Gasteiger partial charge in [-0.25, -0.2) is 13.2 Å². The molecule has 8 heteroatoms. The lowest BCUT2D eigenvalue weighted by Crippen LogP contribution is -2.54. The Morgan fingerprint density at radius 2 is 1.81 bits per heavy atom. The van der Waals surface area contributed by atoms with Crippen molar-refractivity contribution in [3.63, 3.8) is 0 Å². The molecule has 1 aromatic heterocycles. The molecule has 0 saturated carbocycles. The van der Waals surface area contributed by atoms with Crippen molar-refractivity contribution in [1.29, 1.82) is 0 Å². The normalized spacial score (nSPS) is 18.8. The number of thiophene rings is 1. The summed E-state index contributed by atoms with van der Waals surface area (Å²) in [5.41, 5.74) is 0.0434. The third-order valence-electron chi connectivity index (χ3n) is 3.60. The van der Waals surface area contributed by atoms with E-state index in [0.29, 0.717) is 26.2 Å². The summed E-state index contributed by atoms with van der Waals surface area (Å²) in [4.78, 5) is 13.1. The first kappa shape index (κ1) is 16.4. The van der Waals surface area contributed by atoms with Crippen LogP contribution in [0.25, 0.3) is 0 Å². The molecule has 0 unspecified atom stereocenters. The molecule has 118 valence electrons. The van der Waals surface area contributed by atoms with Crippen LogP contribution >= 0.6 is 11.3 Å². The van der Waals surface area contributed by atoms with Crippen LogP contribution in [-0.4, -0.2) is 60.4 Å². The quantitative estimate of drug-likeness (QED) is 0.909. The van der Waals surface area contributed by atoms with E-state index in [9.17, 15) is 13.2 Å². The zero-order valence-electron chi connectivity index (χ0n) is 12.4. The third-order valence-corrected chi connectivity index (χ3v) is 6.92. The molecule has 1 fully saturated rings. The predicted molar refractivity (Wildman–Crippen MR) is 81.4 cm³/mol. The lowest BCUT2D eigenvalue weighted by Gasteiger charge is -2.41. The second-order valence-corrected chi connectivity index (χ2v) is 9.10. The summed E-state index contributed by atoms with van der Waals surface area (Å²) in [5, 5.41) is 10.3. The van der Waals surface area contributed by atoms with Crippen LogP contribution in [0.2, 0.25) is 0 Å². The number of nitrogens with zero attached hydrogens (tertiary/aromatic N) is 2. The van der Waals surface area contributed by atoms with E-state index in [2.05, 4.69) is 25.7 Å². The summed E-state index contributed by atoms with van der Waals surface area (Å²) < 4.78 is 26.5. The van der Waals surface area contributed by atoms with Crippen LogP contribution in [0.15, 0.2) is 15.7 Å². The zero-order valence-corrected chi connectivity index (χ0v) is 14.0. The second kappa shape index (κ2) is 5.68. The van der Waals surface area contributed by atoms with E-state index in [1.165, 1.54) is 15.8 Å². The number of hydrogen-bond donors (Lipinski definition) is 1. The first-order chi connectivity index (χ1) is 9.62. The second-order valence-electron chi connectivity index (χ2n) is 6.02. The molecule has 0 atom stereocenters. The molecule has 1 aliphatic heterocycles. The Balaban J connectivity index is 2.13. The van der Waals surface area contributed by atoms with Gasteiger partial charge in [0.25, 0.3) is 10.0 Å². The zero-order chi connectivity index (χ0) is 15.8. The van der Waals surface area contributed by atoms with Gasteiger partial charge in [0.05, 0.1) is 5.56 Å². The van der Waals surface area contributed by atoms with Crippen LogP contribution in [0.3, 0.4) is 0 Å². The molecule has 0 aromatic carbocycles. The standard InChI is InChI=1S/C13H20N2O4S2/c1-13(2,3)14-4-6-15(7-5-14)21(18,19)11-8-10(9-20-11)12(16)17/h8-9H,4-7H2,1-3H3,(H,16,17). The smallest absolute Gasteiger partial charge is 0.336 e. The molecule has 1 N–H and O–H groups in total. The van der Waals surface area contributed by atoms with Gasteiger partial charge < -0.3 is 5.11 Å². The van der Waals surface area contributed by atoms with Gasteiger partial charge >= 0.3 is 5.97 Å². The molecule has 6 nitrogen and oxygen atoms in total. The Hall–Kier alpha value is -0.960. The number of carboxylic acids is 1. The van der Waals surface area contributed by atoms with Gasteiger partial charge in [-0.2, -0.15) is 4.31 Å². The van der Waals surface area contributed by atoms with Crippen LogP contribution in [0.4, 0.5) is 0 Å². The van der Waals surface area contributed by atoms with Crippen LogP contribution in [-0.2, 0) is 10.0 Å². The molecular weight excluding hydrogens is 312 g/mol. The summed E-state index contributed by atoms with van der Waals surface area (Å²) in [6.45, 7) is 8.54. The molecule has 0 radical (unpaired) electrons. The van der Waals surface area contributed by atoms with Crippen molar-refractivity contribution in [2.75, 3.05) is 26.2 Å². The van der Waals surface area contributed by atoms with Crippen molar-refractivity contribution in [1.82, 2.24) is 9.21 Å². The van der Waals surface area contributed by atoms with Gasteiger partial charge in [-0.15, -0.1) is 11.3 Å². The number of aromatic carboxylic acids is 1. The van der Waals surface area contributed by atoms with Crippen LogP contribution in [0, 0.1) is 0 Å². The van der Waals surface area contributed by atoms with Gasteiger partial charge in [0, 0.05) is 37.1 Å². The van der Waals surface area contributed by atoms with Crippen LogP contribution < -0.4 is 0 Å². The Morgan fingerprint density at radius 3 is 2.24 bits per heavy atom. The third kappa shape index (κ3) is 3.45. The van der Waals surface area contributed by atoms with Crippen molar-refractivity contribution in [2.24, 2.45) is 0 Å². The minimum atomic E-state index is -3.58. The Labute approximate surface area is 129 Å². The maximum absolute atomic E-state index is 12.5. The van der Waals surface area contributed by atoms with E-state index < -0.39 is 16.0 Å². The minimum absolute atomic E-state index is 0.0203. The average Bonchev–Trinajstić information content (AvgIpc) is 2.88. The van der Waals surface area contributed by atoms with Crippen molar-refractivity contribution >= 4 is 27.3 Å². The molecule has 0 spiro atoms. The lowest BCUT2D eigenvalue weighted by atomic mass is 10.1. The summed E-state index contributed by atoms with van der Waals surface area (Å²) in [7, 11) is -3.58. The average molecular weight is 332 g/mol. The molecule has 0 amide bonds. The Morgan fingerprint density at radius 1 is 1.24 bits per heavy atom. The van der Waals surface area contributed by atoms with E-state index >= 15 is 0 Å². The highest BCUT2D eigenvalue weighted by Crippen LogP contribution is 2.26. The number of rotatable bonds is 3. The van der Waals surface area contributed by atoms with Crippen molar-refractivity contribution < 1.29 is 18.3 Å². The maximum atomic E-state index is 12.5. The highest BCUT2D eigenvalue weighted by molar-refractivity contribution is 7.91. The highest BCUT2D eigenvalue weighted by atomic mass is 32.2. The maximum Gasteiger partial charge on any atom is 0.336 e. The number of carboxylic acid groups (broad SMARTS) is 1. The van der Waals surface area contributed by atoms with E-state index in [1.54, 1.807) is 0 Å². The van der Waals surface area contributed by atoms with Gasteiger partial charge in [-0.05, 0) is 26.8 Å². The predicted octanol–water partition coefficient (Wildman–Crippen LogP) is 1.55. The van der Waals surface area contributed by atoms with Crippen LogP contribution in [0.5, 0.6) is 0 Å². The van der Waals surface area contributed by atoms with E-state index in [4.69, 9.17) is 5.11 Å². The van der Waals surface area contributed by atoms with Gasteiger partial charge in [-0.3, -0.25) is 4.90 Å². The van der Waals surface area contributed by atoms with Gasteiger partial charge in [0.1, 0.15) is 4.21 Å². The Bertz CT molecular complexity index is 623. The molecule has 0 bridgehead atoms. The number of piperazine rings is 1. The largest absolute Gasteiger partial charge is 0.478 e. The minimum Gasteiger partial charge on any atom is -0.478 e. The van der Waals surface area contributed by atoms with Gasteiger partial charge in [-0.1, -0.05) is 0 Å². The number of hydrogen-bond acceptors (Lipinski definition) is 5. The van der Waals surface area contributed by atoms with E-state index in [1.807, 2.05) is 0 Å². The first-order valence-electron chi connectivity index (χ1n) is 6.69. The number of carbonyl (C=O) groups is 1. The molecule has 1 aliphatic rings. The molecule has 0 aliphatic carbocycles. The van der Waals surface area contributed by atoms with Gasteiger partial charge in [0.15, 0.2) is 0 Å². The highest BCUT2D eigenvalue weighted by Gasteiger charge is 2.33. The van der Waals surface area contributed by atoms with E-state index in [-0.39, 0.29) is 15.3 Å². The Kier molecular flexibility index (Phi) is 4.44. The van der Waals surface area contributed by atoms with Crippen LogP contribution in [0.1, 0.15) is 31.1 Å². The fourth-order valence-corrected chi connectivity index (χ4v) is 5.02. The summed E-state index contributed by atoms with van der Waals surface area (Å²) in [5.74, 6) is -1.11. The van der Waals surface area contributed by atoms with E-state index in [0.717, 1.165) is 11.3 Å². The molecule has 2 heterocycles. The van der Waals surface area contributed by atoms with Gasteiger partial charge in [0.2, 0.25) is 0 Å². The molecular formula is C13H20N2O4S2. The van der Waals surface area contributed by atoms with Crippen molar-refractivity contribution in [2.45, 2.75) is 30.5 Å².